The lowest BCUT2D eigenvalue weighted by molar-refractivity contribution is 0.0854. The van der Waals surface area contributed by atoms with Gasteiger partial charge in [-0.2, -0.15) is 5.06 Å². The smallest absolute Gasteiger partial charge is 0.281 e. The number of para-hydroxylation sites is 1. The molecule has 3 aromatic carbocycles. The Bertz CT molecular complexity index is 940. The monoisotopic (exact) mass is 361 g/mol. The summed E-state index contributed by atoms with van der Waals surface area (Å²) in [7, 11) is 0. The van der Waals surface area contributed by atoms with Crippen molar-refractivity contribution in [1.82, 2.24) is 0 Å². The van der Waals surface area contributed by atoms with Gasteiger partial charge in [0.15, 0.2) is 0 Å². The molecule has 0 aliphatic carbocycles. The van der Waals surface area contributed by atoms with Crippen molar-refractivity contribution in [1.29, 1.82) is 0 Å². The zero-order valence-corrected chi connectivity index (χ0v) is 14.5. The van der Waals surface area contributed by atoms with Crippen molar-refractivity contribution in [2.45, 2.75) is 6.54 Å². The van der Waals surface area contributed by atoms with Crippen LogP contribution in [0.1, 0.15) is 26.3 Å². The first kappa shape index (κ1) is 18.3. The van der Waals surface area contributed by atoms with Gasteiger partial charge in [-0.05, 0) is 48.0 Å². The summed E-state index contributed by atoms with van der Waals surface area (Å²) in [5.74, 6) is -0.827. The maximum atomic E-state index is 12.5. The minimum absolute atomic E-state index is 0.199. The van der Waals surface area contributed by atoms with Crippen molar-refractivity contribution < 1.29 is 14.8 Å². The van der Waals surface area contributed by atoms with E-state index in [0.29, 0.717) is 27.6 Å². The summed E-state index contributed by atoms with van der Waals surface area (Å²) in [6.45, 7) is 0.199. The van der Waals surface area contributed by atoms with E-state index >= 15 is 0 Å². The van der Waals surface area contributed by atoms with Crippen molar-refractivity contribution in [2.24, 2.45) is 5.73 Å². The molecule has 0 saturated heterocycles. The highest BCUT2D eigenvalue weighted by atomic mass is 16.5. The van der Waals surface area contributed by atoms with E-state index in [4.69, 9.17) is 5.73 Å². The molecule has 0 atom stereocenters. The molecule has 2 amide bonds. The fourth-order valence-corrected chi connectivity index (χ4v) is 2.61. The Labute approximate surface area is 156 Å². The van der Waals surface area contributed by atoms with E-state index in [1.54, 1.807) is 60.7 Å². The van der Waals surface area contributed by atoms with Crippen LogP contribution in [0.2, 0.25) is 0 Å². The van der Waals surface area contributed by atoms with Crippen molar-refractivity contribution in [2.75, 3.05) is 10.4 Å². The Kier molecular flexibility index (Phi) is 5.61. The molecular weight excluding hydrogens is 342 g/mol. The number of anilines is 2. The molecule has 27 heavy (non-hydrogen) atoms. The first-order valence-electron chi connectivity index (χ1n) is 8.38. The summed E-state index contributed by atoms with van der Waals surface area (Å²) in [6.07, 6.45) is 0. The molecule has 3 aromatic rings. The second-order valence-electron chi connectivity index (χ2n) is 5.85. The molecule has 0 spiro atoms. The molecule has 0 aliphatic rings. The average Bonchev–Trinajstić information content (AvgIpc) is 2.73. The number of benzene rings is 3. The van der Waals surface area contributed by atoms with E-state index in [0.717, 1.165) is 0 Å². The Morgan fingerprint density at radius 1 is 0.852 bits per heavy atom. The zero-order chi connectivity index (χ0) is 19.2. The third kappa shape index (κ3) is 4.20. The van der Waals surface area contributed by atoms with Gasteiger partial charge in [-0.25, -0.2) is 0 Å². The molecule has 6 nitrogen and oxygen atoms in total. The second-order valence-corrected chi connectivity index (χ2v) is 5.85. The summed E-state index contributed by atoms with van der Waals surface area (Å²) in [5.41, 5.74) is 8.01. The highest BCUT2D eigenvalue weighted by Gasteiger charge is 2.18. The van der Waals surface area contributed by atoms with E-state index in [2.05, 4.69) is 5.32 Å². The van der Waals surface area contributed by atoms with Crippen LogP contribution in [0, 0.1) is 0 Å². The third-order valence-corrected chi connectivity index (χ3v) is 4.06. The van der Waals surface area contributed by atoms with Crippen molar-refractivity contribution >= 4 is 23.2 Å². The number of carbonyl (C=O) groups is 2. The van der Waals surface area contributed by atoms with Gasteiger partial charge in [0, 0.05) is 23.4 Å². The summed E-state index contributed by atoms with van der Waals surface area (Å²) in [6, 6.07) is 22.0. The Hall–Kier alpha value is -3.48. The largest absolute Gasteiger partial charge is 0.326 e. The summed E-state index contributed by atoms with van der Waals surface area (Å²) in [4.78, 5) is 24.7. The number of hydroxylamine groups is 1. The SMILES string of the molecule is NCc1ccccc1N(O)C(=O)c1ccc(NC(=O)c2ccccc2)cc1. The van der Waals surface area contributed by atoms with Crippen LogP contribution in [-0.2, 0) is 6.54 Å². The maximum Gasteiger partial charge on any atom is 0.281 e. The third-order valence-electron chi connectivity index (χ3n) is 4.06. The fourth-order valence-electron chi connectivity index (χ4n) is 2.61. The number of amides is 2. The first-order valence-corrected chi connectivity index (χ1v) is 8.38. The Balaban J connectivity index is 1.73. The minimum atomic E-state index is -0.586. The van der Waals surface area contributed by atoms with Crippen LogP contribution in [0.15, 0.2) is 78.9 Å². The predicted octanol–water partition coefficient (Wildman–Crippen LogP) is 3.43. The van der Waals surface area contributed by atoms with Crippen LogP contribution in [0.4, 0.5) is 11.4 Å². The van der Waals surface area contributed by atoms with E-state index in [1.165, 1.54) is 12.1 Å². The van der Waals surface area contributed by atoms with Gasteiger partial charge in [0.25, 0.3) is 11.8 Å². The van der Waals surface area contributed by atoms with Crippen LogP contribution in [-0.4, -0.2) is 17.0 Å². The van der Waals surface area contributed by atoms with Crippen LogP contribution in [0.25, 0.3) is 0 Å². The molecule has 0 fully saturated rings. The van der Waals surface area contributed by atoms with Crippen LogP contribution in [0.5, 0.6) is 0 Å². The van der Waals surface area contributed by atoms with Gasteiger partial charge >= 0.3 is 0 Å². The molecule has 0 heterocycles. The van der Waals surface area contributed by atoms with Gasteiger partial charge in [0.05, 0.1) is 5.69 Å². The normalized spacial score (nSPS) is 10.3. The highest BCUT2D eigenvalue weighted by molar-refractivity contribution is 6.06. The van der Waals surface area contributed by atoms with Gasteiger partial charge in [0.2, 0.25) is 0 Å². The fraction of sp³-hybridized carbons (Fsp3) is 0.0476. The van der Waals surface area contributed by atoms with Gasteiger partial charge in [-0.15, -0.1) is 0 Å². The quantitative estimate of drug-likeness (QED) is 0.479. The average molecular weight is 361 g/mol. The van der Waals surface area contributed by atoms with E-state index in [-0.39, 0.29) is 18.0 Å². The molecule has 3 rings (SSSR count). The van der Waals surface area contributed by atoms with E-state index in [1.807, 2.05) is 6.07 Å². The van der Waals surface area contributed by atoms with Crippen molar-refractivity contribution in [3.63, 3.8) is 0 Å². The second kappa shape index (κ2) is 8.27. The lowest BCUT2D eigenvalue weighted by Crippen LogP contribution is -2.28. The summed E-state index contributed by atoms with van der Waals surface area (Å²) in [5, 5.41) is 13.6. The molecule has 6 heteroatoms. The number of carbonyl (C=O) groups excluding carboxylic acids is 2. The number of nitrogens with two attached hydrogens (primary N) is 1. The minimum Gasteiger partial charge on any atom is -0.326 e. The van der Waals surface area contributed by atoms with Crippen molar-refractivity contribution in [3.05, 3.63) is 95.6 Å². The Morgan fingerprint density at radius 3 is 2.15 bits per heavy atom. The molecule has 0 aliphatic heterocycles. The molecule has 0 aromatic heterocycles. The first-order chi connectivity index (χ1) is 13.1. The van der Waals surface area contributed by atoms with Crippen LogP contribution in [0.3, 0.4) is 0 Å². The number of nitrogens with one attached hydrogen (secondary N) is 1. The topological polar surface area (TPSA) is 95.7 Å². The molecule has 136 valence electrons. The lowest BCUT2D eigenvalue weighted by Gasteiger charge is -2.18. The van der Waals surface area contributed by atoms with Gasteiger partial charge < -0.3 is 11.1 Å². The maximum absolute atomic E-state index is 12.5. The highest BCUT2D eigenvalue weighted by Crippen LogP contribution is 2.21. The van der Waals surface area contributed by atoms with Gasteiger partial charge in [-0.3, -0.25) is 14.8 Å². The molecule has 0 radical (unpaired) electrons. The predicted molar refractivity (Wildman–Crippen MR) is 104 cm³/mol. The summed E-state index contributed by atoms with van der Waals surface area (Å²) >= 11 is 0. The molecule has 4 N–H and O–H groups in total. The molecule has 0 saturated carbocycles. The Morgan fingerprint density at radius 2 is 1.48 bits per heavy atom. The van der Waals surface area contributed by atoms with Gasteiger partial charge in [0.1, 0.15) is 0 Å². The molecular formula is C21H19N3O3. The standard InChI is InChI=1S/C21H19N3O3/c22-14-17-8-4-5-9-19(17)24(27)21(26)16-10-12-18(13-11-16)23-20(25)15-6-2-1-3-7-15/h1-13,27H,14,22H2,(H,23,25). The van der Waals surface area contributed by atoms with Crippen LogP contribution < -0.4 is 16.1 Å². The molecule has 0 unspecified atom stereocenters. The summed E-state index contributed by atoms with van der Waals surface area (Å²) < 4.78 is 0. The number of rotatable bonds is 5. The van der Waals surface area contributed by atoms with E-state index < -0.39 is 5.91 Å². The number of nitrogens with zero attached hydrogens (tertiary/aromatic N) is 1. The van der Waals surface area contributed by atoms with Crippen LogP contribution >= 0.6 is 0 Å². The van der Waals surface area contributed by atoms with E-state index in [9.17, 15) is 14.8 Å². The number of hydrogen-bond acceptors (Lipinski definition) is 4. The lowest BCUT2D eigenvalue weighted by atomic mass is 10.1. The van der Waals surface area contributed by atoms with Gasteiger partial charge in [-0.1, -0.05) is 36.4 Å². The zero-order valence-electron chi connectivity index (χ0n) is 14.5. The number of hydrogen-bond donors (Lipinski definition) is 3. The van der Waals surface area contributed by atoms with Crippen molar-refractivity contribution in [3.8, 4) is 0 Å². The molecule has 0 bridgehead atoms.